The predicted molar refractivity (Wildman–Crippen MR) is 89.4 cm³/mol. The Morgan fingerprint density at radius 2 is 1.86 bits per heavy atom. The Bertz CT molecular complexity index is 659. The van der Waals surface area contributed by atoms with Gasteiger partial charge in [-0.3, -0.25) is 4.79 Å². The van der Waals surface area contributed by atoms with Crippen LogP contribution in [0.5, 0.6) is 0 Å². The second kappa shape index (κ2) is 6.63. The second-order valence-corrected chi connectivity index (χ2v) is 6.48. The third-order valence-corrected chi connectivity index (χ3v) is 4.86. The van der Waals surface area contributed by atoms with Gasteiger partial charge in [0.2, 0.25) is 5.91 Å². The van der Waals surface area contributed by atoms with Gasteiger partial charge in [-0.05, 0) is 29.5 Å². The Morgan fingerprint density at radius 3 is 2.55 bits per heavy atom. The van der Waals surface area contributed by atoms with Gasteiger partial charge >= 0.3 is 0 Å². The molecule has 1 saturated carbocycles. The van der Waals surface area contributed by atoms with Crippen molar-refractivity contribution < 1.29 is 9.90 Å². The monoisotopic (exact) mass is 359 g/mol. The largest absolute Gasteiger partial charge is 0.394 e. The van der Waals surface area contributed by atoms with Crippen LogP contribution in [0.15, 0.2) is 59.1 Å². The van der Waals surface area contributed by atoms with E-state index in [0.717, 1.165) is 16.5 Å². The highest BCUT2D eigenvalue weighted by Crippen LogP contribution is 2.49. The average Bonchev–Trinajstić information content (AvgIpc) is 3.34. The molecule has 0 heterocycles. The summed E-state index contributed by atoms with van der Waals surface area (Å²) in [5.41, 5.74) is 2.11. The molecule has 0 saturated heterocycles. The van der Waals surface area contributed by atoms with E-state index in [4.69, 9.17) is 0 Å². The van der Waals surface area contributed by atoms with E-state index in [1.807, 2.05) is 48.5 Å². The van der Waals surface area contributed by atoms with Gasteiger partial charge in [0.15, 0.2) is 0 Å². The van der Waals surface area contributed by atoms with E-state index in [0.29, 0.717) is 0 Å². The van der Waals surface area contributed by atoms with Gasteiger partial charge in [0.05, 0.1) is 12.6 Å². The lowest BCUT2D eigenvalue weighted by Crippen LogP contribution is -2.32. The molecule has 0 aliphatic heterocycles. The summed E-state index contributed by atoms with van der Waals surface area (Å²) in [7, 11) is 0. The van der Waals surface area contributed by atoms with Gasteiger partial charge < -0.3 is 10.4 Å². The van der Waals surface area contributed by atoms with Crippen molar-refractivity contribution in [2.24, 2.45) is 5.92 Å². The molecule has 0 aromatic heterocycles. The highest BCUT2D eigenvalue weighted by molar-refractivity contribution is 9.10. The van der Waals surface area contributed by atoms with Crippen molar-refractivity contribution in [3.05, 3.63) is 70.2 Å². The summed E-state index contributed by atoms with van der Waals surface area (Å²) in [4.78, 5) is 12.4. The van der Waals surface area contributed by atoms with Crippen LogP contribution in [0.2, 0.25) is 0 Å². The quantitative estimate of drug-likeness (QED) is 0.859. The SMILES string of the molecule is O=C(N[C@@H](CO)c1ccccc1)[C@H]1C[C@@H]1c1ccccc1Br. The fourth-order valence-corrected chi connectivity index (χ4v) is 3.38. The first-order valence-corrected chi connectivity index (χ1v) is 8.20. The maximum Gasteiger partial charge on any atom is 0.224 e. The number of carbonyl (C=O) groups excluding carboxylic acids is 1. The van der Waals surface area contributed by atoms with E-state index in [2.05, 4.69) is 27.3 Å². The molecule has 1 amide bonds. The number of hydrogen-bond donors (Lipinski definition) is 2. The van der Waals surface area contributed by atoms with Crippen molar-refractivity contribution in [2.75, 3.05) is 6.61 Å². The molecule has 1 aliphatic rings. The zero-order valence-corrected chi connectivity index (χ0v) is 13.7. The van der Waals surface area contributed by atoms with Crippen LogP contribution in [0, 0.1) is 5.92 Å². The van der Waals surface area contributed by atoms with E-state index >= 15 is 0 Å². The van der Waals surface area contributed by atoms with Crippen LogP contribution in [0.1, 0.15) is 29.5 Å². The van der Waals surface area contributed by atoms with Crippen LogP contribution in [0.4, 0.5) is 0 Å². The number of benzene rings is 2. The van der Waals surface area contributed by atoms with Crippen molar-refractivity contribution in [3.8, 4) is 0 Å². The smallest absolute Gasteiger partial charge is 0.224 e. The number of rotatable bonds is 5. The summed E-state index contributed by atoms with van der Waals surface area (Å²) in [5, 5.41) is 12.5. The van der Waals surface area contributed by atoms with Gasteiger partial charge in [-0.2, -0.15) is 0 Å². The molecular formula is C18H18BrNO2. The maximum absolute atomic E-state index is 12.4. The number of carbonyl (C=O) groups is 1. The molecule has 4 heteroatoms. The lowest BCUT2D eigenvalue weighted by Gasteiger charge is -2.16. The molecule has 0 unspecified atom stereocenters. The molecule has 3 nitrogen and oxygen atoms in total. The lowest BCUT2D eigenvalue weighted by atomic mass is 10.1. The first kappa shape index (κ1) is 15.3. The fraction of sp³-hybridized carbons (Fsp3) is 0.278. The molecular weight excluding hydrogens is 342 g/mol. The Balaban J connectivity index is 1.65. The van der Waals surface area contributed by atoms with Crippen molar-refractivity contribution in [1.29, 1.82) is 0 Å². The van der Waals surface area contributed by atoms with E-state index < -0.39 is 0 Å². The Kier molecular flexibility index (Phi) is 4.60. The molecule has 1 aliphatic carbocycles. The number of nitrogens with one attached hydrogen (secondary N) is 1. The van der Waals surface area contributed by atoms with Gasteiger partial charge in [0, 0.05) is 10.4 Å². The highest BCUT2D eigenvalue weighted by atomic mass is 79.9. The molecule has 2 aromatic rings. The zero-order valence-electron chi connectivity index (χ0n) is 12.1. The third-order valence-electron chi connectivity index (χ3n) is 4.13. The molecule has 114 valence electrons. The zero-order chi connectivity index (χ0) is 15.5. The highest BCUT2D eigenvalue weighted by Gasteiger charge is 2.45. The summed E-state index contributed by atoms with van der Waals surface area (Å²) in [6, 6.07) is 17.3. The number of aliphatic hydroxyl groups is 1. The predicted octanol–water partition coefficient (Wildman–Crippen LogP) is 3.40. The van der Waals surface area contributed by atoms with Crippen LogP contribution in [0.25, 0.3) is 0 Å². The van der Waals surface area contributed by atoms with Gasteiger partial charge in [0.25, 0.3) is 0 Å². The number of halogens is 1. The van der Waals surface area contributed by atoms with Gasteiger partial charge in [0.1, 0.15) is 0 Å². The molecule has 0 radical (unpaired) electrons. The van der Waals surface area contributed by atoms with E-state index in [1.165, 1.54) is 5.56 Å². The summed E-state index contributed by atoms with van der Waals surface area (Å²) >= 11 is 3.54. The van der Waals surface area contributed by atoms with Crippen molar-refractivity contribution in [1.82, 2.24) is 5.32 Å². The number of amides is 1. The molecule has 3 rings (SSSR count). The van der Waals surface area contributed by atoms with Gasteiger partial charge in [-0.25, -0.2) is 0 Å². The van der Waals surface area contributed by atoms with Crippen molar-refractivity contribution >= 4 is 21.8 Å². The van der Waals surface area contributed by atoms with Crippen LogP contribution in [-0.2, 0) is 4.79 Å². The number of aliphatic hydroxyl groups excluding tert-OH is 1. The second-order valence-electron chi connectivity index (χ2n) is 5.62. The summed E-state index contributed by atoms with van der Waals surface area (Å²) in [6.45, 7) is -0.0951. The van der Waals surface area contributed by atoms with E-state index in [9.17, 15) is 9.90 Å². The summed E-state index contributed by atoms with van der Waals surface area (Å²) in [6.07, 6.45) is 0.862. The standard InChI is InChI=1S/C18H18BrNO2/c19-16-9-5-4-8-13(16)14-10-15(14)18(22)20-17(11-21)12-6-2-1-3-7-12/h1-9,14-15,17,21H,10-11H2,(H,20,22)/t14-,15+,17+/m1/s1. The average molecular weight is 360 g/mol. The topological polar surface area (TPSA) is 49.3 Å². The first-order chi connectivity index (χ1) is 10.7. The normalized spacial score (nSPS) is 21.2. The third kappa shape index (κ3) is 3.23. The van der Waals surface area contributed by atoms with Crippen molar-refractivity contribution in [3.63, 3.8) is 0 Å². The van der Waals surface area contributed by atoms with Gasteiger partial charge in [-0.15, -0.1) is 0 Å². The maximum atomic E-state index is 12.4. The minimum absolute atomic E-state index is 0.00328. The Labute approximate surface area is 138 Å². The number of hydrogen-bond acceptors (Lipinski definition) is 2. The van der Waals surface area contributed by atoms with Crippen LogP contribution >= 0.6 is 15.9 Å². The van der Waals surface area contributed by atoms with E-state index in [-0.39, 0.29) is 30.4 Å². The summed E-state index contributed by atoms with van der Waals surface area (Å²) < 4.78 is 1.05. The van der Waals surface area contributed by atoms with Crippen molar-refractivity contribution in [2.45, 2.75) is 18.4 Å². The molecule has 3 atom stereocenters. The summed E-state index contributed by atoms with van der Waals surface area (Å²) in [5.74, 6) is 0.283. The van der Waals surface area contributed by atoms with Crippen LogP contribution in [0.3, 0.4) is 0 Å². The molecule has 1 fully saturated rings. The van der Waals surface area contributed by atoms with Gasteiger partial charge in [-0.1, -0.05) is 64.5 Å². The molecule has 2 N–H and O–H groups in total. The first-order valence-electron chi connectivity index (χ1n) is 7.41. The fourth-order valence-electron chi connectivity index (χ4n) is 2.80. The lowest BCUT2D eigenvalue weighted by molar-refractivity contribution is -0.123. The molecule has 0 spiro atoms. The Morgan fingerprint density at radius 1 is 1.18 bits per heavy atom. The van der Waals surface area contributed by atoms with E-state index in [1.54, 1.807) is 0 Å². The Hall–Kier alpha value is -1.65. The molecule has 22 heavy (non-hydrogen) atoms. The molecule has 0 bridgehead atoms. The minimum atomic E-state index is -0.339. The van der Waals surface area contributed by atoms with Crippen LogP contribution in [-0.4, -0.2) is 17.6 Å². The molecule has 2 aromatic carbocycles. The minimum Gasteiger partial charge on any atom is -0.394 e. The van der Waals surface area contributed by atoms with Crippen LogP contribution < -0.4 is 5.32 Å².